The fourth-order valence-corrected chi connectivity index (χ4v) is 2.18. The van der Waals surface area contributed by atoms with Gasteiger partial charge >= 0.3 is 0 Å². The Balaban J connectivity index is 2.12. The molecule has 0 radical (unpaired) electrons. The Morgan fingerprint density at radius 1 is 1.47 bits per heavy atom. The molecule has 1 aromatic heterocycles. The molecule has 4 nitrogen and oxygen atoms in total. The minimum absolute atomic E-state index is 0.693. The van der Waals surface area contributed by atoms with Gasteiger partial charge in [-0.25, -0.2) is 4.98 Å². The molecule has 0 unspecified atom stereocenters. The van der Waals surface area contributed by atoms with Gasteiger partial charge in [-0.3, -0.25) is 4.57 Å². The lowest BCUT2D eigenvalue weighted by Crippen LogP contribution is -2.09. The minimum atomic E-state index is 0.693. The first-order valence-corrected chi connectivity index (χ1v) is 7.11. The van der Waals surface area contributed by atoms with Crippen molar-refractivity contribution in [3.05, 3.63) is 40.1 Å². The van der Waals surface area contributed by atoms with E-state index in [-0.39, 0.29) is 0 Å². The lowest BCUT2D eigenvalue weighted by Gasteiger charge is -2.10. The second kappa shape index (κ2) is 6.93. The number of anilines is 1. The molecule has 0 aliphatic carbocycles. The SMILES string of the molecule is COCCCNc1nccn1-c1ccc(Cl)c(Br)c1. The summed E-state index contributed by atoms with van der Waals surface area (Å²) in [5.74, 6) is 0.810. The first-order chi connectivity index (χ1) is 9.22. The molecule has 102 valence electrons. The number of aromatic nitrogens is 2. The van der Waals surface area contributed by atoms with Crippen LogP contribution in [-0.2, 0) is 4.74 Å². The van der Waals surface area contributed by atoms with Gasteiger partial charge in [0, 0.05) is 42.8 Å². The van der Waals surface area contributed by atoms with Crippen molar-refractivity contribution < 1.29 is 4.74 Å². The van der Waals surface area contributed by atoms with Gasteiger partial charge in [0.15, 0.2) is 0 Å². The normalized spacial score (nSPS) is 10.7. The standard InChI is InChI=1S/C13H15BrClN3O/c1-19-8-2-5-16-13-17-6-7-18(13)10-3-4-12(15)11(14)9-10/h3-4,6-7,9H,2,5,8H2,1H3,(H,16,17). The van der Waals surface area contributed by atoms with Crippen LogP contribution in [0.15, 0.2) is 35.1 Å². The first-order valence-electron chi connectivity index (χ1n) is 5.94. The van der Waals surface area contributed by atoms with E-state index in [0.29, 0.717) is 5.02 Å². The van der Waals surface area contributed by atoms with E-state index in [9.17, 15) is 0 Å². The number of imidazole rings is 1. The predicted molar refractivity (Wildman–Crippen MR) is 81.3 cm³/mol. The second-order valence-corrected chi connectivity index (χ2v) is 5.25. The highest BCUT2D eigenvalue weighted by Gasteiger charge is 2.06. The molecule has 0 amide bonds. The second-order valence-electron chi connectivity index (χ2n) is 3.99. The van der Waals surface area contributed by atoms with E-state index in [2.05, 4.69) is 26.2 Å². The van der Waals surface area contributed by atoms with Crippen molar-refractivity contribution >= 4 is 33.5 Å². The quantitative estimate of drug-likeness (QED) is 0.812. The summed E-state index contributed by atoms with van der Waals surface area (Å²) in [6, 6.07) is 5.77. The fourth-order valence-electron chi connectivity index (χ4n) is 1.69. The lowest BCUT2D eigenvalue weighted by atomic mass is 10.3. The van der Waals surface area contributed by atoms with E-state index in [1.54, 1.807) is 13.3 Å². The molecule has 0 aliphatic heterocycles. The summed E-state index contributed by atoms with van der Waals surface area (Å²) in [6.07, 6.45) is 4.61. The molecule has 0 fully saturated rings. The third-order valence-corrected chi connectivity index (χ3v) is 3.84. The molecule has 0 saturated heterocycles. The van der Waals surface area contributed by atoms with Crippen LogP contribution in [0.4, 0.5) is 5.95 Å². The van der Waals surface area contributed by atoms with Crippen LogP contribution in [0, 0.1) is 0 Å². The average molecular weight is 345 g/mol. The number of halogens is 2. The molecule has 2 rings (SSSR count). The number of nitrogens with zero attached hydrogens (tertiary/aromatic N) is 2. The van der Waals surface area contributed by atoms with Gasteiger partial charge in [-0.15, -0.1) is 0 Å². The van der Waals surface area contributed by atoms with Crippen LogP contribution < -0.4 is 5.32 Å². The zero-order valence-corrected chi connectivity index (χ0v) is 12.9. The molecule has 1 aromatic carbocycles. The molecule has 0 spiro atoms. The largest absolute Gasteiger partial charge is 0.385 e. The molecule has 1 heterocycles. The number of hydrogen-bond acceptors (Lipinski definition) is 3. The molecule has 2 aromatic rings. The lowest BCUT2D eigenvalue weighted by molar-refractivity contribution is 0.197. The first kappa shape index (κ1) is 14.4. The minimum Gasteiger partial charge on any atom is -0.385 e. The molecule has 1 N–H and O–H groups in total. The summed E-state index contributed by atoms with van der Waals surface area (Å²) in [6.45, 7) is 1.56. The maximum absolute atomic E-state index is 6.00. The maximum atomic E-state index is 6.00. The van der Waals surface area contributed by atoms with Gasteiger partial charge in [-0.2, -0.15) is 0 Å². The summed E-state index contributed by atoms with van der Waals surface area (Å²) >= 11 is 9.43. The van der Waals surface area contributed by atoms with Crippen molar-refractivity contribution in [2.45, 2.75) is 6.42 Å². The molecule has 6 heteroatoms. The summed E-state index contributed by atoms with van der Waals surface area (Å²) in [7, 11) is 1.70. The zero-order valence-electron chi connectivity index (χ0n) is 10.6. The van der Waals surface area contributed by atoms with E-state index in [1.165, 1.54) is 0 Å². The van der Waals surface area contributed by atoms with Crippen LogP contribution in [0.1, 0.15) is 6.42 Å². The van der Waals surface area contributed by atoms with Crippen LogP contribution in [0.3, 0.4) is 0 Å². The monoisotopic (exact) mass is 343 g/mol. The van der Waals surface area contributed by atoms with Crippen LogP contribution in [-0.4, -0.2) is 29.8 Å². The number of methoxy groups -OCH3 is 1. The third kappa shape index (κ3) is 3.72. The number of benzene rings is 1. The average Bonchev–Trinajstić information content (AvgIpc) is 2.86. The Morgan fingerprint density at radius 2 is 2.32 bits per heavy atom. The Bertz CT molecular complexity index is 544. The summed E-state index contributed by atoms with van der Waals surface area (Å²) in [4.78, 5) is 4.31. The summed E-state index contributed by atoms with van der Waals surface area (Å²) in [5.41, 5.74) is 1.00. The topological polar surface area (TPSA) is 39.1 Å². The molecule has 0 saturated carbocycles. The van der Waals surface area contributed by atoms with Gasteiger partial charge in [0.05, 0.1) is 5.02 Å². The Morgan fingerprint density at radius 3 is 3.05 bits per heavy atom. The summed E-state index contributed by atoms with van der Waals surface area (Å²) < 4.78 is 7.86. The summed E-state index contributed by atoms with van der Waals surface area (Å²) in [5, 5.41) is 3.98. The van der Waals surface area contributed by atoms with Crippen molar-refractivity contribution in [3.8, 4) is 5.69 Å². The number of hydrogen-bond donors (Lipinski definition) is 1. The van der Waals surface area contributed by atoms with E-state index in [1.807, 2.05) is 29.0 Å². The van der Waals surface area contributed by atoms with E-state index in [0.717, 1.165) is 35.7 Å². The molecule has 0 aliphatic rings. The van der Waals surface area contributed by atoms with Gasteiger partial charge in [-0.05, 0) is 40.5 Å². The highest BCUT2D eigenvalue weighted by molar-refractivity contribution is 9.10. The van der Waals surface area contributed by atoms with E-state index >= 15 is 0 Å². The molecule has 0 atom stereocenters. The van der Waals surface area contributed by atoms with Crippen LogP contribution in [0.2, 0.25) is 5.02 Å². The van der Waals surface area contributed by atoms with Crippen molar-refractivity contribution in [1.29, 1.82) is 0 Å². The third-order valence-electron chi connectivity index (χ3n) is 2.63. The fraction of sp³-hybridized carbons (Fsp3) is 0.308. The van der Waals surface area contributed by atoms with Gasteiger partial charge in [0.2, 0.25) is 5.95 Å². The number of rotatable bonds is 6. The van der Waals surface area contributed by atoms with Crippen molar-refractivity contribution in [2.75, 3.05) is 25.6 Å². The maximum Gasteiger partial charge on any atom is 0.207 e. The van der Waals surface area contributed by atoms with Crippen LogP contribution >= 0.6 is 27.5 Å². The zero-order chi connectivity index (χ0) is 13.7. The van der Waals surface area contributed by atoms with E-state index < -0.39 is 0 Å². The Labute approximate surface area is 125 Å². The predicted octanol–water partition coefficient (Wildman–Crippen LogP) is 3.74. The van der Waals surface area contributed by atoms with Crippen LogP contribution in [0.5, 0.6) is 0 Å². The molecule has 0 bridgehead atoms. The van der Waals surface area contributed by atoms with Gasteiger partial charge in [-0.1, -0.05) is 11.6 Å². The molecule has 19 heavy (non-hydrogen) atoms. The Kier molecular flexibility index (Phi) is 5.24. The number of nitrogens with one attached hydrogen (secondary N) is 1. The van der Waals surface area contributed by atoms with Crippen LogP contribution in [0.25, 0.3) is 5.69 Å². The number of ether oxygens (including phenoxy) is 1. The van der Waals surface area contributed by atoms with Gasteiger partial charge < -0.3 is 10.1 Å². The Hall–Kier alpha value is -1.04. The smallest absolute Gasteiger partial charge is 0.207 e. The van der Waals surface area contributed by atoms with Gasteiger partial charge in [0.25, 0.3) is 0 Å². The highest BCUT2D eigenvalue weighted by Crippen LogP contribution is 2.26. The highest BCUT2D eigenvalue weighted by atomic mass is 79.9. The molecular weight excluding hydrogens is 330 g/mol. The van der Waals surface area contributed by atoms with Crippen molar-refractivity contribution in [3.63, 3.8) is 0 Å². The van der Waals surface area contributed by atoms with Crippen molar-refractivity contribution in [1.82, 2.24) is 9.55 Å². The van der Waals surface area contributed by atoms with E-state index in [4.69, 9.17) is 16.3 Å². The van der Waals surface area contributed by atoms with Crippen molar-refractivity contribution in [2.24, 2.45) is 0 Å². The molecular formula is C13H15BrClN3O. The van der Waals surface area contributed by atoms with Gasteiger partial charge in [0.1, 0.15) is 0 Å².